The summed E-state index contributed by atoms with van der Waals surface area (Å²) in [7, 11) is 2.03. The summed E-state index contributed by atoms with van der Waals surface area (Å²) in [5, 5.41) is 0. The maximum Gasteiger partial charge on any atom is 0.417 e. The Kier molecular flexibility index (Phi) is 5.29. The molecule has 1 aromatic carbocycles. The molecule has 1 heterocycles. The van der Waals surface area contributed by atoms with E-state index in [-0.39, 0.29) is 11.8 Å². The molecule has 1 atom stereocenters. The van der Waals surface area contributed by atoms with Gasteiger partial charge < -0.3 is 9.64 Å². The molecule has 23 heavy (non-hydrogen) atoms. The highest BCUT2D eigenvalue weighted by molar-refractivity contribution is 5.92. The van der Waals surface area contributed by atoms with Crippen molar-refractivity contribution in [2.24, 2.45) is 5.92 Å². The van der Waals surface area contributed by atoms with E-state index in [4.69, 9.17) is 4.74 Å². The van der Waals surface area contributed by atoms with Gasteiger partial charge >= 0.3 is 6.09 Å². The number of anilines is 1. The van der Waals surface area contributed by atoms with Crippen LogP contribution < -0.4 is 4.90 Å². The van der Waals surface area contributed by atoms with Crippen LogP contribution in [0, 0.1) is 5.92 Å². The standard InChI is InChI=1S/C18H26N2O3/c1-18(2,3)23-17(22)20-11-10-14(12-16(20)21)13-19(4)15-8-6-5-7-9-15/h5-9,14H,10-13H2,1-4H3. The fourth-order valence-electron chi connectivity index (χ4n) is 2.74. The Morgan fingerprint density at radius 3 is 2.52 bits per heavy atom. The molecule has 0 bridgehead atoms. The predicted octanol–water partition coefficient (Wildman–Crippen LogP) is 3.30. The Hall–Kier alpha value is -2.04. The van der Waals surface area contributed by atoms with E-state index in [0.29, 0.717) is 13.0 Å². The summed E-state index contributed by atoms with van der Waals surface area (Å²) in [4.78, 5) is 27.7. The van der Waals surface area contributed by atoms with Gasteiger partial charge in [-0.05, 0) is 45.2 Å². The van der Waals surface area contributed by atoms with E-state index in [0.717, 1.165) is 18.7 Å². The van der Waals surface area contributed by atoms with Crippen LogP contribution in [0.3, 0.4) is 0 Å². The summed E-state index contributed by atoms with van der Waals surface area (Å²) in [6, 6.07) is 10.1. The molecule has 0 spiro atoms. The van der Waals surface area contributed by atoms with E-state index >= 15 is 0 Å². The number of imide groups is 1. The van der Waals surface area contributed by atoms with Crippen LogP contribution in [-0.2, 0) is 9.53 Å². The molecule has 5 heteroatoms. The summed E-state index contributed by atoms with van der Waals surface area (Å²) in [6.07, 6.45) is 0.663. The third-order valence-electron chi connectivity index (χ3n) is 3.87. The molecule has 0 aliphatic carbocycles. The summed E-state index contributed by atoms with van der Waals surface area (Å²) in [5.41, 5.74) is 0.552. The minimum Gasteiger partial charge on any atom is -0.443 e. The largest absolute Gasteiger partial charge is 0.443 e. The maximum atomic E-state index is 12.3. The number of rotatable bonds is 3. The fraction of sp³-hybridized carbons (Fsp3) is 0.556. The lowest BCUT2D eigenvalue weighted by Crippen LogP contribution is -2.46. The average Bonchev–Trinajstić information content (AvgIpc) is 2.46. The van der Waals surface area contributed by atoms with Crippen LogP contribution in [0.5, 0.6) is 0 Å². The molecular formula is C18H26N2O3. The monoisotopic (exact) mass is 318 g/mol. The summed E-state index contributed by atoms with van der Waals surface area (Å²) in [5.74, 6) is 0.114. The SMILES string of the molecule is CN(CC1CCN(C(=O)OC(C)(C)C)C(=O)C1)c1ccccc1. The lowest BCUT2D eigenvalue weighted by atomic mass is 9.95. The molecule has 1 saturated heterocycles. The van der Waals surface area contributed by atoms with Crippen molar-refractivity contribution < 1.29 is 14.3 Å². The van der Waals surface area contributed by atoms with E-state index < -0.39 is 11.7 Å². The number of benzene rings is 1. The Labute approximate surface area is 138 Å². The highest BCUT2D eigenvalue weighted by Crippen LogP contribution is 2.23. The van der Waals surface area contributed by atoms with E-state index in [1.807, 2.05) is 25.2 Å². The highest BCUT2D eigenvalue weighted by atomic mass is 16.6. The van der Waals surface area contributed by atoms with E-state index in [2.05, 4.69) is 17.0 Å². The van der Waals surface area contributed by atoms with Gasteiger partial charge in [0.05, 0.1) is 0 Å². The zero-order chi connectivity index (χ0) is 17.0. The van der Waals surface area contributed by atoms with Crippen molar-refractivity contribution in [1.82, 2.24) is 4.90 Å². The second-order valence-electron chi connectivity index (χ2n) is 7.10. The molecule has 2 rings (SSSR count). The number of para-hydroxylation sites is 1. The first-order chi connectivity index (χ1) is 10.8. The number of amides is 2. The van der Waals surface area contributed by atoms with Crippen LogP contribution in [0.25, 0.3) is 0 Å². The first kappa shape index (κ1) is 17.3. The van der Waals surface area contributed by atoms with Gasteiger partial charge in [-0.3, -0.25) is 4.79 Å². The molecule has 1 unspecified atom stereocenters. The van der Waals surface area contributed by atoms with Crippen LogP contribution >= 0.6 is 0 Å². The second kappa shape index (κ2) is 7.02. The first-order valence-electron chi connectivity index (χ1n) is 8.06. The molecule has 1 fully saturated rings. The summed E-state index contributed by atoms with van der Waals surface area (Å²) in [6.45, 7) is 6.64. The Balaban J connectivity index is 1.89. The molecule has 126 valence electrons. The molecule has 1 aliphatic rings. The second-order valence-corrected chi connectivity index (χ2v) is 7.10. The van der Waals surface area contributed by atoms with Crippen molar-refractivity contribution in [3.05, 3.63) is 30.3 Å². The van der Waals surface area contributed by atoms with Gasteiger partial charge in [-0.15, -0.1) is 0 Å². The number of hydrogen-bond acceptors (Lipinski definition) is 4. The number of nitrogens with zero attached hydrogens (tertiary/aromatic N) is 2. The number of likely N-dealkylation sites (tertiary alicyclic amines) is 1. The van der Waals surface area contributed by atoms with Crippen molar-refractivity contribution in [3.8, 4) is 0 Å². The van der Waals surface area contributed by atoms with Crippen LogP contribution in [0.2, 0.25) is 0 Å². The lowest BCUT2D eigenvalue weighted by Gasteiger charge is -2.34. The summed E-state index contributed by atoms with van der Waals surface area (Å²) >= 11 is 0. The predicted molar refractivity (Wildman–Crippen MR) is 90.4 cm³/mol. The van der Waals surface area contributed by atoms with E-state index in [9.17, 15) is 9.59 Å². The Morgan fingerprint density at radius 1 is 1.30 bits per heavy atom. The smallest absolute Gasteiger partial charge is 0.417 e. The van der Waals surface area contributed by atoms with Gasteiger partial charge in [0.25, 0.3) is 0 Å². The minimum atomic E-state index is -0.582. The molecular weight excluding hydrogens is 292 g/mol. The topological polar surface area (TPSA) is 49.9 Å². The zero-order valence-electron chi connectivity index (χ0n) is 14.4. The van der Waals surface area contributed by atoms with E-state index in [1.54, 1.807) is 20.8 Å². The van der Waals surface area contributed by atoms with Gasteiger partial charge in [0.2, 0.25) is 5.91 Å². The molecule has 0 saturated carbocycles. The molecule has 1 aromatic rings. The highest BCUT2D eigenvalue weighted by Gasteiger charge is 2.33. The van der Waals surface area contributed by atoms with Gasteiger partial charge in [0.1, 0.15) is 5.60 Å². The van der Waals surface area contributed by atoms with Crippen molar-refractivity contribution in [2.45, 2.75) is 39.2 Å². The van der Waals surface area contributed by atoms with Crippen LogP contribution in [-0.4, -0.2) is 42.6 Å². The first-order valence-corrected chi connectivity index (χ1v) is 8.06. The third kappa shape index (κ3) is 4.98. The number of hydrogen-bond donors (Lipinski definition) is 0. The average molecular weight is 318 g/mol. The van der Waals surface area contributed by atoms with Gasteiger partial charge in [-0.2, -0.15) is 0 Å². The number of piperidine rings is 1. The molecule has 5 nitrogen and oxygen atoms in total. The van der Waals surface area contributed by atoms with Crippen LogP contribution in [0.15, 0.2) is 30.3 Å². The molecule has 1 aliphatic heterocycles. The van der Waals surface area contributed by atoms with Crippen molar-refractivity contribution >= 4 is 17.7 Å². The molecule has 0 aromatic heterocycles. The van der Waals surface area contributed by atoms with Crippen LogP contribution in [0.1, 0.15) is 33.6 Å². The number of ether oxygens (including phenoxy) is 1. The molecule has 0 radical (unpaired) electrons. The van der Waals surface area contributed by atoms with Crippen molar-refractivity contribution in [3.63, 3.8) is 0 Å². The minimum absolute atomic E-state index is 0.142. The molecule has 0 N–H and O–H groups in total. The van der Waals surface area contributed by atoms with E-state index in [1.165, 1.54) is 4.90 Å². The number of carbonyl (C=O) groups is 2. The van der Waals surface area contributed by atoms with Gasteiger partial charge in [-0.25, -0.2) is 9.69 Å². The fourth-order valence-corrected chi connectivity index (χ4v) is 2.74. The Morgan fingerprint density at radius 2 is 1.96 bits per heavy atom. The van der Waals surface area contributed by atoms with Gasteiger partial charge in [0.15, 0.2) is 0 Å². The van der Waals surface area contributed by atoms with Gasteiger partial charge in [-0.1, -0.05) is 18.2 Å². The van der Waals surface area contributed by atoms with Crippen molar-refractivity contribution in [2.75, 3.05) is 25.0 Å². The van der Waals surface area contributed by atoms with Crippen LogP contribution in [0.4, 0.5) is 10.5 Å². The summed E-state index contributed by atoms with van der Waals surface area (Å²) < 4.78 is 5.29. The quantitative estimate of drug-likeness (QED) is 0.858. The normalized spacial score (nSPS) is 18.7. The lowest BCUT2D eigenvalue weighted by molar-refractivity contribution is -0.133. The van der Waals surface area contributed by atoms with Crippen molar-refractivity contribution in [1.29, 1.82) is 0 Å². The van der Waals surface area contributed by atoms with Gasteiger partial charge in [0, 0.05) is 32.2 Å². The molecule has 2 amide bonds. The zero-order valence-corrected chi connectivity index (χ0v) is 14.4. The number of carbonyl (C=O) groups excluding carboxylic acids is 2. The third-order valence-corrected chi connectivity index (χ3v) is 3.87. The maximum absolute atomic E-state index is 12.3. The Bertz CT molecular complexity index is 551.